The maximum atomic E-state index is 13.2. The minimum Gasteiger partial charge on any atom is -0.299 e. The Bertz CT molecular complexity index is 490. The van der Waals surface area contributed by atoms with Crippen LogP contribution in [0, 0.1) is 0 Å². The Balaban J connectivity index is 2.99. The predicted molar refractivity (Wildman–Crippen MR) is 113 cm³/mol. The van der Waals surface area contributed by atoms with Crippen molar-refractivity contribution in [3.63, 3.8) is 0 Å². The zero-order chi connectivity index (χ0) is 17.7. The summed E-state index contributed by atoms with van der Waals surface area (Å²) in [5.41, 5.74) is 1.60. The van der Waals surface area contributed by atoms with E-state index in [9.17, 15) is 4.79 Å². The van der Waals surface area contributed by atoms with Crippen molar-refractivity contribution in [3.05, 3.63) is 35.9 Å². The summed E-state index contributed by atoms with van der Waals surface area (Å²) in [5, 5.41) is 0.243. The lowest BCUT2D eigenvalue weighted by Gasteiger charge is -2.43. The molecule has 1 rings (SSSR count). The number of carbonyl (C=O) groups is 1. The second-order valence-electron chi connectivity index (χ2n) is 8.21. The highest BCUT2D eigenvalue weighted by Gasteiger charge is 2.46. The summed E-state index contributed by atoms with van der Waals surface area (Å²) < 4.78 is 0.174. The molecule has 0 spiro atoms. The number of alkyl halides is 1. The highest BCUT2D eigenvalue weighted by molar-refractivity contribution is 14.1. The van der Waals surface area contributed by atoms with Crippen LogP contribution in [-0.4, -0.2) is 17.8 Å². The number of carbonyl (C=O) groups excluding carboxylic acids is 1. The highest BCUT2D eigenvalue weighted by Crippen LogP contribution is 2.46. The molecule has 0 bridgehead atoms. The Kier molecular flexibility index (Phi) is 7.98. The molecule has 3 heteroatoms. The number of aryl methyl sites for hydroxylation is 1. The number of Topliss-reactive ketones (excluding diaryl/α,β-unsaturated/α-hetero) is 1. The summed E-state index contributed by atoms with van der Waals surface area (Å²) in [4.78, 5) is 13.2. The lowest BCUT2D eigenvalue weighted by atomic mass is 10.0. The Morgan fingerprint density at radius 3 is 2.17 bits per heavy atom. The molecule has 0 saturated heterocycles. The van der Waals surface area contributed by atoms with Gasteiger partial charge >= 0.3 is 0 Å². The van der Waals surface area contributed by atoms with Crippen molar-refractivity contribution in [3.8, 4) is 0 Å². The van der Waals surface area contributed by atoms with Gasteiger partial charge in [0.2, 0.25) is 0 Å². The van der Waals surface area contributed by atoms with Crippen molar-refractivity contribution >= 4 is 36.4 Å². The fourth-order valence-corrected chi connectivity index (χ4v) is 7.17. The van der Waals surface area contributed by atoms with E-state index in [1.807, 2.05) is 0 Å². The minimum atomic E-state index is -1.70. The molecule has 0 aromatic heterocycles. The van der Waals surface area contributed by atoms with Crippen LogP contribution in [0.25, 0.3) is 0 Å². The molecule has 0 N–H and O–H groups in total. The van der Waals surface area contributed by atoms with Crippen LogP contribution < -0.4 is 0 Å². The van der Waals surface area contributed by atoms with Crippen molar-refractivity contribution < 1.29 is 4.79 Å². The number of hydrogen-bond acceptors (Lipinski definition) is 1. The van der Waals surface area contributed by atoms with Gasteiger partial charge in [-0.2, -0.15) is 0 Å². The summed E-state index contributed by atoms with van der Waals surface area (Å²) in [6, 6.07) is 10.6. The average molecular weight is 444 g/mol. The zero-order valence-electron chi connectivity index (χ0n) is 15.7. The van der Waals surface area contributed by atoms with Gasteiger partial charge in [0.15, 0.2) is 0 Å². The van der Waals surface area contributed by atoms with E-state index in [1.165, 1.54) is 5.56 Å². The first kappa shape index (κ1) is 20.9. The molecule has 0 amide bonds. The first-order chi connectivity index (χ1) is 10.6. The average Bonchev–Trinajstić information content (AvgIpc) is 2.47. The number of ketones is 1. The molecule has 1 aromatic rings. The summed E-state index contributed by atoms with van der Waals surface area (Å²) >= 11 is 2.38. The van der Waals surface area contributed by atoms with E-state index >= 15 is 0 Å². The van der Waals surface area contributed by atoms with Crippen LogP contribution in [-0.2, 0) is 11.2 Å². The van der Waals surface area contributed by atoms with Gasteiger partial charge in [-0.3, -0.25) is 4.79 Å². The van der Waals surface area contributed by atoms with E-state index < -0.39 is 8.07 Å². The monoisotopic (exact) mass is 444 g/mol. The third-order valence-electron chi connectivity index (χ3n) is 5.56. The Hall–Kier alpha value is -0.163. The fourth-order valence-electron chi connectivity index (χ4n) is 2.95. The lowest BCUT2D eigenvalue weighted by molar-refractivity contribution is -0.118. The Labute approximate surface area is 157 Å². The summed E-state index contributed by atoms with van der Waals surface area (Å²) in [6.07, 6.45) is 4.11. The normalized spacial score (nSPS) is 15.3. The first-order valence-corrected chi connectivity index (χ1v) is 13.1. The molecule has 0 saturated carbocycles. The molecule has 1 aromatic carbocycles. The van der Waals surface area contributed by atoms with Crippen LogP contribution in [0.3, 0.4) is 0 Å². The second-order valence-corrected chi connectivity index (χ2v) is 15.4. The Morgan fingerprint density at radius 1 is 1.13 bits per heavy atom. The lowest BCUT2D eigenvalue weighted by Crippen LogP contribution is -2.47. The van der Waals surface area contributed by atoms with Gasteiger partial charge in [0.05, 0.1) is 12.0 Å². The maximum Gasteiger partial charge on any atom is 0.146 e. The van der Waals surface area contributed by atoms with Gasteiger partial charge < -0.3 is 0 Å². The maximum absolute atomic E-state index is 13.2. The van der Waals surface area contributed by atoms with Gasteiger partial charge in [-0.05, 0) is 29.9 Å². The van der Waals surface area contributed by atoms with E-state index in [2.05, 4.69) is 93.7 Å². The molecular formula is C20H33IOSi. The van der Waals surface area contributed by atoms with Crippen LogP contribution in [0.15, 0.2) is 30.3 Å². The van der Waals surface area contributed by atoms with E-state index in [0.717, 1.165) is 25.7 Å². The smallest absolute Gasteiger partial charge is 0.146 e. The molecule has 1 nitrogen and oxygen atoms in total. The van der Waals surface area contributed by atoms with Crippen LogP contribution in [0.5, 0.6) is 0 Å². The SMILES string of the molecule is CCC[C@@H](I)C(=O)[C@@H](CCc1ccccc1)[Si](C)(C)C(C)(C)C. The molecular weight excluding hydrogens is 411 g/mol. The van der Waals surface area contributed by atoms with Gasteiger partial charge in [0.1, 0.15) is 5.78 Å². The molecule has 0 unspecified atom stereocenters. The predicted octanol–water partition coefficient (Wildman–Crippen LogP) is 6.67. The summed E-state index contributed by atoms with van der Waals surface area (Å²) in [6.45, 7) is 14.0. The van der Waals surface area contributed by atoms with Gasteiger partial charge in [0.25, 0.3) is 0 Å². The van der Waals surface area contributed by atoms with Crippen molar-refractivity contribution in [1.82, 2.24) is 0 Å². The molecule has 0 radical (unpaired) electrons. The number of benzene rings is 1. The molecule has 0 heterocycles. The van der Waals surface area contributed by atoms with Crippen molar-refractivity contribution in [1.29, 1.82) is 0 Å². The van der Waals surface area contributed by atoms with E-state index in [4.69, 9.17) is 0 Å². The van der Waals surface area contributed by atoms with Crippen molar-refractivity contribution in [2.75, 3.05) is 0 Å². The van der Waals surface area contributed by atoms with Gasteiger partial charge in [-0.1, -0.05) is 100 Å². The highest BCUT2D eigenvalue weighted by atomic mass is 127. The fraction of sp³-hybridized carbons (Fsp3) is 0.650. The molecule has 130 valence electrons. The Morgan fingerprint density at radius 2 is 1.70 bits per heavy atom. The third-order valence-corrected chi connectivity index (χ3v) is 13.0. The third kappa shape index (κ3) is 5.70. The van der Waals surface area contributed by atoms with Gasteiger partial charge in [-0.15, -0.1) is 0 Å². The van der Waals surface area contributed by atoms with E-state index in [1.54, 1.807) is 0 Å². The molecule has 0 aliphatic rings. The second kappa shape index (κ2) is 8.79. The zero-order valence-corrected chi connectivity index (χ0v) is 18.8. The van der Waals surface area contributed by atoms with E-state index in [0.29, 0.717) is 5.78 Å². The van der Waals surface area contributed by atoms with Crippen LogP contribution in [0.4, 0.5) is 0 Å². The topological polar surface area (TPSA) is 17.1 Å². The van der Waals surface area contributed by atoms with Crippen molar-refractivity contribution in [2.24, 2.45) is 0 Å². The first-order valence-electron chi connectivity index (χ1n) is 8.83. The minimum absolute atomic E-state index is 0.174. The largest absolute Gasteiger partial charge is 0.299 e. The molecule has 2 atom stereocenters. The summed E-state index contributed by atoms with van der Waals surface area (Å²) in [7, 11) is -1.70. The van der Waals surface area contributed by atoms with Crippen LogP contribution in [0.1, 0.15) is 52.5 Å². The van der Waals surface area contributed by atoms with Crippen LogP contribution >= 0.6 is 22.6 Å². The van der Waals surface area contributed by atoms with E-state index in [-0.39, 0.29) is 14.5 Å². The molecule has 23 heavy (non-hydrogen) atoms. The van der Waals surface area contributed by atoms with Gasteiger partial charge in [-0.25, -0.2) is 0 Å². The van der Waals surface area contributed by atoms with Gasteiger partial charge in [0, 0.05) is 5.54 Å². The number of halogens is 1. The number of hydrogen-bond donors (Lipinski definition) is 0. The molecule has 0 fully saturated rings. The quantitative estimate of drug-likeness (QED) is 0.249. The standard InChI is InChI=1S/C20H33IOSi/c1-7-11-17(21)19(22)18(23(5,6)20(2,3)4)15-14-16-12-9-8-10-13-16/h8-10,12-13,17-18H,7,11,14-15H2,1-6H3/t17-,18-/m1/s1. The number of rotatable bonds is 8. The van der Waals surface area contributed by atoms with Crippen LogP contribution in [0.2, 0.25) is 23.7 Å². The summed E-state index contributed by atoms with van der Waals surface area (Å²) in [5.74, 6) is 0.509. The molecule has 0 aliphatic heterocycles. The van der Waals surface area contributed by atoms with Crippen molar-refractivity contribution in [2.45, 2.75) is 81.0 Å². The molecule has 0 aliphatic carbocycles.